The number of rotatable bonds is 4. The Morgan fingerprint density at radius 2 is 2.13 bits per heavy atom. The molecule has 23 heavy (non-hydrogen) atoms. The smallest absolute Gasteiger partial charge is 0.246 e. The first kappa shape index (κ1) is 15.1. The molecule has 0 bridgehead atoms. The first-order valence-electron chi connectivity index (χ1n) is 7.37. The Morgan fingerprint density at radius 1 is 1.30 bits per heavy atom. The zero-order chi connectivity index (χ0) is 16.1. The van der Waals surface area contributed by atoms with Crippen molar-refractivity contribution in [3.05, 3.63) is 36.0 Å². The van der Waals surface area contributed by atoms with Gasteiger partial charge in [0.1, 0.15) is 12.7 Å². The maximum Gasteiger partial charge on any atom is 0.246 e. The molecule has 0 saturated heterocycles. The van der Waals surface area contributed by atoms with Crippen molar-refractivity contribution in [2.24, 2.45) is 4.99 Å². The normalized spacial score (nSPS) is 17.0. The van der Waals surface area contributed by atoms with Gasteiger partial charge in [-0.15, -0.1) is 0 Å². The monoisotopic (exact) mass is 317 g/mol. The second kappa shape index (κ2) is 6.99. The number of guanidine groups is 1. The fourth-order valence-electron chi connectivity index (χ4n) is 2.17. The second-order valence-corrected chi connectivity index (χ2v) is 5.04. The Hall–Kier alpha value is -2.77. The zero-order valence-electron chi connectivity index (χ0n) is 13.1. The molecule has 1 atom stereocenters. The van der Waals surface area contributed by atoms with Gasteiger partial charge in [0.2, 0.25) is 5.89 Å². The average molecular weight is 317 g/mol. The molecule has 2 heterocycles. The number of aryl methyl sites for hydroxylation is 1. The summed E-state index contributed by atoms with van der Waals surface area (Å²) in [6, 6.07) is 7.63. The van der Waals surface area contributed by atoms with Crippen LogP contribution in [-0.2, 0) is 6.54 Å². The number of nitrogens with zero attached hydrogens (tertiary/aromatic N) is 3. The number of fused-ring (bicyclic) bond motifs is 1. The van der Waals surface area contributed by atoms with E-state index in [1.165, 1.54) is 0 Å². The maximum atomic E-state index is 5.88. The predicted molar refractivity (Wildman–Crippen MR) is 83.6 cm³/mol. The lowest BCUT2D eigenvalue weighted by molar-refractivity contribution is 0.0936. The Kier molecular flexibility index (Phi) is 4.60. The van der Waals surface area contributed by atoms with E-state index in [0.717, 1.165) is 11.5 Å². The summed E-state index contributed by atoms with van der Waals surface area (Å²) in [5.41, 5.74) is 0. The van der Waals surface area contributed by atoms with E-state index in [1.807, 2.05) is 24.3 Å². The maximum absolute atomic E-state index is 5.88. The SMILES string of the molecule is CN=C(NCc1nc(C)no1)NCC1COc2ccccc2O1. The molecule has 0 aliphatic carbocycles. The van der Waals surface area contributed by atoms with Crippen molar-refractivity contribution in [2.75, 3.05) is 20.2 Å². The highest BCUT2D eigenvalue weighted by atomic mass is 16.6. The number of nitrogens with one attached hydrogen (secondary N) is 2. The van der Waals surface area contributed by atoms with Crippen molar-refractivity contribution in [3.63, 3.8) is 0 Å². The molecule has 0 fully saturated rings. The van der Waals surface area contributed by atoms with Gasteiger partial charge in [-0.05, 0) is 19.1 Å². The van der Waals surface area contributed by atoms with Crippen molar-refractivity contribution in [2.45, 2.75) is 19.6 Å². The van der Waals surface area contributed by atoms with Crippen LogP contribution in [0.1, 0.15) is 11.7 Å². The van der Waals surface area contributed by atoms with Crippen molar-refractivity contribution in [1.82, 2.24) is 20.8 Å². The number of ether oxygens (including phenoxy) is 2. The van der Waals surface area contributed by atoms with Crippen LogP contribution in [0.2, 0.25) is 0 Å². The number of hydrogen-bond donors (Lipinski definition) is 2. The van der Waals surface area contributed by atoms with E-state index in [0.29, 0.717) is 37.4 Å². The standard InChI is InChI=1S/C15H19N5O3/c1-10-19-14(23-20-10)8-18-15(16-2)17-7-11-9-21-12-5-3-4-6-13(12)22-11/h3-6,11H,7-9H2,1-2H3,(H2,16,17,18). The summed E-state index contributed by atoms with van der Waals surface area (Å²) in [6.45, 7) is 3.24. The minimum Gasteiger partial charge on any atom is -0.486 e. The summed E-state index contributed by atoms with van der Waals surface area (Å²) in [4.78, 5) is 8.27. The van der Waals surface area contributed by atoms with Gasteiger partial charge in [-0.1, -0.05) is 17.3 Å². The third-order valence-corrected chi connectivity index (χ3v) is 3.27. The summed E-state index contributed by atoms with van der Waals surface area (Å²) >= 11 is 0. The van der Waals surface area contributed by atoms with Gasteiger partial charge in [-0.25, -0.2) is 0 Å². The average Bonchev–Trinajstić information content (AvgIpc) is 3.00. The molecular formula is C15H19N5O3. The fourth-order valence-corrected chi connectivity index (χ4v) is 2.17. The van der Waals surface area contributed by atoms with E-state index in [1.54, 1.807) is 14.0 Å². The van der Waals surface area contributed by atoms with Crippen LogP contribution < -0.4 is 20.1 Å². The summed E-state index contributed by atoms with van der Waals surface area (Å²) in [5, 5.41) is 10.0. The lowest BCUT2D eigenvalue weighted by Crippen LogP contribution is -2.45. The number of aliphatic imine (C=N–C) groups is 1. The topological polar surface area (TPSA) is 93.8 Å². The van der Waals surface area contributed by atoms with Crippen molar-refractivity contribution >= 4 is 5.96 Å². The van der Waals surface area contributed by atoms with E-state index in [-0.39, 0.29) is 6.10 Å². The molecule has 8 nitrogen and oxygen atoms in total. The Bertz CT molecular complexity index is 685. The van der Waals surface area contributed by atoms with Crippen LogP contribution in [0.25, 0.3) is 0 Å². The van der Waals surface area contributed by atoms with Crippen LogP contribution >= 0.6 is 0 Å². The quantitative estimate of drug-likeness (QED) is 0.638. The fraction of sp³-hybridized carbons (Fsp3) is 0.400. The van der Waals surface area contributed by atoms with Crippen LogP contribution in [0.4, 0.5) is 0 Å². The molecule has 3 rings (SSSR count). The zero-order valence-corrected chi connectivity index (χ0v) is 13.1. The highest BCUT2D eigenvalue weighted by molar-refractivity contribution is 5.79. The van der Waals surface area contributed by atoms with Gasteiger partial charge in [-0.2, -0.15) is 4.98 Å². The van der Waals surface area contributed by atoms with E-state index in [4.69, 9.17) is 14.0 Å². The van der Waals surface area contributed by atoms with E-state index in [2.05, 4.69) is 25.8 Å². The number of aromatic nitrogens is 2. The summed E-state index contributed by atoms with van der Waals surface area (Å²) in [7, 11) is 1.70. The lowest BCUT2D eigenvalue weighted by Gasteiger charge is -2.27. The molecular weight excluding hydrogens is 298 g/mol. The third-order valence-electron chi connectivity index (χ3n) is 3.27. The summed E-state index contributed by atoms with van der Waals surface area (Å²) in [6.07, 6.45) is -0.0888. The van der Waals surface area contributed by atoms with Crippen LogP contribution in [-0.4, -0.2) is 42.4 Å². The van der Waals surface area contributed by atoms with Gasteiger partial charge >= 0.3 is 0 Å². The predicted octanol–water partition coefficient (Wildman–Crippen LogP) is 0.883. The van der Waals surface area contributed by atoms with Gasteiger partial charge in [0, 0.05) is 7.05 Å². The first-order chi connectivity index (χ1) is 11.2. The van der Waals surface area contributed by atoms with E-state index < -0.39 is 0 Å². The molecule has 0 saturated carbocycles. The van der Waals surface area contributed by atoms with Crippen molar-refractivity contribution in [3.8, 4) is 11.5 Å². The van der Waals surface area contributed by atoms with Crippen molar-refractivity contribution in [1.29, 1.82) is 0 Å². The molecule has 1 aliphatic rings. The molecule has 0 spiro atoms. The Labute approximate surface area is 133 Å². The summed E-state index contributed by atoms with van der Waals surface area (Å²) < 4.78 is 16.6. The Morgan fingerprint density at radius 3 is 2.87 bits per heavy atom. The highest BCUT2D eigenvalue weighted by Gasteiger charge is 2.20. The van der Waals surface area contributed by atoms with Crippen LogP contribution in [0, 0.1) is 6.92 Å². The molecule has 0 radical (unpaired) electrons. The van der Waals surface area contributed by atoms with Crippen LogP contribution in [0.15, 0.2) is 33.8 Å². The van der Waals surface area contributed by atoms with Crippen molar-refractivity contribution < 1.29 is 14.0 Å². The molecule has 8 heteroatoms. The molecule has 2 aromatic rings. The molecule has 1 aromatic carbocycles. The molecule has 2 N–H and O–H groups in total. The second-order valence-electron chi connectivity index (χ2n) is 5.04. The van der Waals surface area contributed by atoms with Crippen LogP contribution in [0.3, 0.4) is 0 Å². The lowest BCUT2D eigenvalue weighted by atomic mass is 10.2. The summed E-state index contributed by atoms with van der Waals surface area (Å²) in [5.74, 6) is 3.28. The minimum absolute atomic E-state index is 0.0888. The van der Waals surface area contributed by atoms with Crippen LogP contribution in [0.5, 0.6) is 11.5 Å². The minimum atomic E-state index is -0.0888. The molecule has 122 valence electrons. The number of para-hydroxylation sites is 2. The molecule has 0 amide bonds. The highest BCUT2D eigenvalue weighted by Crippen LogP contribution is 2.30. The molecule has 1 aliphatic heterocycles. The molecule has 1 aromatic heterocycles. The van der Waals surface area contributed by atoms with Gasteiger partial charge in [0.25, 0.3) is 0 Å². The number of hydrogen-bond acceptors (Lipinski definition) is 6. The van der Waals surface area contributed by atoms with Gasteiger partial charge in [-0.3, -0.25) is 4.99 Å². The van der Waals surface area contributed by atoms with Gasteiger partial charge < -0.3 is 24.6 Å². The third kappa shape index (κ3) is 3.91. The Balaban J connectivity index is 1.47. The first-order valence-corrected chi connectivity index (χ1v) is 7.37. The van der Waals surface area contributed by atoms with E-state index in [9.17, 15) is 0 Å². The van der Waals surface area contributed by atoms with Gasteiger partial charge in [0.05, 0.1) is 13.1 Å². The molecule has 1 unspecified atom stereocenters. The largest absolute Gasteiger partial charge is 0.486 e. The van der Waals surface area contributed by atoms with E-state index >= 15 is 0 Å². The van der Waals surface area contributed by atoms with Gasteiger partial charge in [0.15, 0.2) is 23.3 Å². The number of benzene rings is 1.